The van der Waals surface area contributed by atoms with Crippen molar-refractivity contribution in [2.75, 3.05) is 11.9 Å². The molecule has 2 aromatic rings. The average Bonchev–Trinajstić information content (AvgIpc) is 2.45. The van der Waals surface area contributed by atoms with E-state index in [4.69, 9.17) is 4.74 Å². The summed E-state index contributed by atoms with van der Waals surface area (Å²) in [6.45, 7) is 2.78. The van der Waals surface area contributed by atoms with Gasteiger partial charge in [-0.1, -0.05) is 18.2 Å². The summed E-state index contributed by atoms with van der Waals surface area (Å²) < 4.78 is 5.57. The number of hydrogen-bond donors (Lipinski definition) is 1. The topological polar surface area (TPSA) is 57.9 Å². The van der Waals surface area contributed by atoms with Crippen molar-refractivity contribution in [3.63, 3.8) is 0 Å². The highest BCUT2D eigenvalue weighted by molar-refractivity contribution is 5.94. The van der Waals surface area contributed by atoms with Crippen LogP contribution in [0.25, 0.3) is 10.9 Å². The summed E-state index contributed by atoms with van der Waals surface area (Å²) in [5.41, 5.74) is 2.41. The molecule has 0 aliphatic heterocycles. The van der Waals surface area contributed by atoms with E-state index in [1.54, 1.807) is 6.20 Å². The second-order valence-corrected chi connectivity index (χ2v) is 5.07. The molecule has 4 nitrogen and oxygen atoms in total. The second kappa shape index (κ2) is 5.48. The van der Waals surface area contributed by atoms with Gasteiger partial charge in [-0.2, -0.15) is 5.26 Å². The summed E-state index contributed by atoms with van der Waals surface area (Å²) in [7, 11) is 0. The molecule has 102 valence electrons. The van der Waals surface area contributed by atoms with Gasteiger partial charge in [0.25, 0.3) is 0 Å². The van der Waals surface area contributed by atoms with Gasteiger partial charge in [0, 0.05) is 24.2 Å². The van der Waals surface area contributed by atoms with E-state index in [2.05, 4.69) is 16.4 Å². The Hall–Kier alpha value is -2.12. The molecule has 0 spiro atoms. The third kappa shape index (κ3) is 2.33. The van der Waals surface area contributed by atoms with E-state index in [-0.39, 0.29) is 0 Å². The third-order valence-corrected chi connectivity index (χ3v) is 3.74. The van der Waals surface area contributed by atoms with Crippen molar-refractivity contribution in [3.8, 4) is 6.07 Å². The summed E-state index contributed by atoms with van der Waals surface area (Å²) >= 11 is 0. The van der Waals surface area contributed by atoms with Crippen molar-refractivity contribution >= 4 is 16.6 Å². The molecular formula is C16H17N3O. The fraction of sp³-hybridized carbons (Fsp3) is 0.375. The standard InChI is InChI=1S/C16H17N3O/c1-2-20-13-7-12(8-13)19-16-11(9-17)10-18-15-6-4-3-5-14(15)16/h3-6,10,12-13H,2,7-8H2,1H3,(H,18,19). The van der Waals surface area contributed by atoms with Crippen LogP contribution in [-0.4, -0.2) is 23.7 Å². The molecular weight excluding hydrogens is 250 g/mol. The van der Waals surface area contributed by atoms with Crippen LogP contribution in [0, 0.1) is 11.3 Å². The number of aromatic nitrogens is 1. The summed E-state index contributed by atoms with van der Waals surface area (Å²) in [6, 6.07) is 10.5. The maximum atomic E-state index is 9.26. The van der Waals surface area contributed by atoms with Gasteiger partial charge >= 0.3 is 0 Å². The molecule has 0 saturated heterocycles. The normalized spacial score (nSPS) is 21.2. The molecule has 0 radical (unpaired) electrons. The Bertz CT molecular complexity index is 656. The van der Waals surface area contributed by atoms with Gasteiger partial charge in [0.2, 0.25) is 0 Å². The Labute approximate surface area is 118 Å². The van der Waals surface area contributed by atoms with E-state index in [0.717, 1.165) is 36.0 Å². The first kappa shape index (κ1) is 12.9. The highest BCUT2D eigenvalue weighted by Gasteiger charge is 2.30. The smallest absolute Gasteiger partial charge is 0.103 e. The molecule has 1 N–H and O–H groups in total. The Kier molecular flexibility index (Phi) is 3.53. The van der Waals surface area contributed by atoms with Crippen molar-refractivity contribution in [1.29, 1.82) is 5.26 Å². The Morgan fingerprint density at radius 1 is 1.40 bits per heavy atom. The summed E-state index contributed by atoms with van der Waals surface area (Å²) in [5, 5.41) is 13.8. The van der Waals surface area contributed by atoms with Gasteiger partial charge in [0.1, 0.15) is 6.07 Å². The molecule has 4 heteroatoms. The molecule has 1 aromatic heterocycles. The van der Waals surface area contributed by atoms with Crippen LogP contribution in [0.4, 0.5) is 5.69 Å². The third-order valence-electron chi connectivity index (χ3n) is 3.74. The largest absolute Gasteiger partial charge is 0.380 e. The summed E-state index contributed by atoms with van der Waals surface area (Å²) in [5.74, 6) is 0. The molecule has 1 saturated carbocycles. The molecule has 1 aliphatic rings. The summed E-state index contributed by atoms with van der Waals surface area (Å²) in [6.07, 6.45) is 3.99. The van der Waals surface area contributed by atoms with Gasteiger partial charge < -0.3 is 10.1 Å². The number of benzene rings is 1. The maximum Gasteiger partial charge on any atom is 0.103 e. The number of ether oxygens (including phenoxy) is 1. The molecule has 1 heterocycles. The molecule has 1 aromatic carbocycles. The zero-order valence-corrected chi connectivity index (χ0v) is 11.5. The number of rotatable bonds is 4. The number of hydrogen-bond acceptors (Lipinski definition) is 4. The van der Waals surface area contributed by atoms with E-state index in [1.165, 1.54) is 0 Å². The average molecular weight is 267 g/mol. The van der Waals surface area contributed by atoms with Crippen molar-refractivity contribution in [2.24, 2.45) is 0 Å². The lowest BCUT2D eigenvalue weighted by atomic mass is 9.88. The highest BCUT2D eigenvalue weighted by Crippen LogP contribution is 2.31. The van der Waals surface area contributed by atoms with Gasteiger partial charge in [-0.05, 0) is 25.8 Å². The van der Waals surface area contributed by atoms with Crippen LogP contribution in [-0.2, 0) is 4.74 Å². The number of nitriles is 1. The number of fused-ring (bicyclic) bond motifs is 1. The molecule has 0 bridgehead atoms. The van der Waals surface area contributed by atoms with Gasteiger partial charge in [0.15, 0.2) is 0 Å². The van der Waals surface area contributed by atoms with Gasteiger partial charge in [-0.25, -0.2) is 0 Å². The first-order valence-electron chi connectivity index (χ1n) is 6.97. The second-order valence-electron chi connectivity index (χ2n) is 5.07. The van der Waals surface area contributed by atoms with Crippen molar-refractivity contribution in [3.05, 3.63) is 36.0 Å². The van der Waals surface area contributed by atoms with Gasteiger partial charge in [-0.15, -0.1) is 0 Å². The minimum atomic E-state index is 0.358. The predicted octanol–water partition coefficient (Wildman–Crippen LogP) is 3.09. The lowest BCUT2D eigenvalue weighted by Gasteiger charge is -2.36. The van der Waals surface area contributed by atoms with Crippen LogP contribution >= 0.6 is 0 Å². The van der Waals surface area contributed by atoms with Crippen LogP contribution in [0.1, 0.15) is 25.3 Å². The number of para-hydroxylation sites is 1. The molecule has 3 rings (SSSR count). The SMILES string of the molecule is CCOC1CC(Nc2c(C#N)cnc3ccccc23)C1. The van der Waals surface area contributed by atoms with Crippen molar-refractivity contribution < 1.29 is 4.74 Å². The number of anilines is 1. The zero-order valence-electron chi connectivity index (χ0n) is 11.5. The Morgan fingerprint density at radius 3 is 2.95 bits per heavy atom. The molecule has 20 heavy (non-hydrogen) atoms. The van der Waals surface area contributed by atoms with Crippen molar-refractivity contribution in [1.82, 2.24) is 4.98 Å². The summed E-state index contributed by atoms with van der Waals surface area (Å²) in [4.78, 5) is 4.32. The van der Waals surface area contributed by atoms with Gasteiger partial charge in [-0.3, -0.25) is 4.98 Å². The van der Waals surface area contributed by atoms with E-state index in [1.807, 2.05) is 31.2 Å². The lowest BCUT2D eigenvalue weighted by molar-refractivity contribution is 0.00301. The van der Waals surface area contributed by atoms with E-state index in [9.17, 15) is 5.26 Å². The predicted molar refractivity (Wildman–Crippen MR) is 78.5 cm³/mol. The zero-order chi connectivity index (χ0) is 13.9. The first-order chi connectivity index (χ1) is 9.81. The molecule has 1 fully saturated rings. The first-order valence-corrected chi connectivity index (χ1v) is 6.97. The van der Waals surface area contributed by atoms with Crippen LogP contribution in [0.2, 0.25) is 0 Å². The quantitative estimate of drug-likeness (QED) is 0.924. The maximum absolute atomic E-state index is 9.26. The Balaban J connectivity index is 1.85. The Morgan fingerprint density at radius 2 is 2.20 bits per heavy atom. The van der Waals surface area contributed by atoms with E-state index in [0.29, 0.717) is 17.7 Å². The molecule has 1 aliphatic carbocycles. The fourth-order valence-corrected chi connectivity index (χ4v) is 2.64. The van der Waals surface area contributed by atoms with Crippen LogP contribution < -0.4 is 5.32 Å². The van der Waals surface area contributed by atoms with Crippen LogP contribution in [0.15, 0.2) is 30.5 Å². The number of nitrogens with one attached hydrogen (secondary N) is 1. The van der Waals surface area contributed by atoms with Crippen LogP contribution in [0.3, 0.4) is 0 Å². The number of pyridine rings is 1. The number of nitrogens with zero attached hydrogens (tertiary/aromatic N) is 2. The van der Waals surface area contributed by atoms with Crippen molar-refractivity contribution in [2.45, 2.75) is 31.9 Å². The molecule has 0 amide bonds. The van der Waals surface area contributed by atoms with Gasteiger partial charge in [0.05, 0.1) is 22.9 Å². The van der Waals surface area contributed by atoms with Crippen LogP contribution in [0.5, 0.6) is 0 Å². The van der Waals surface area contributed by atoms with E-state index >= 15 is 0 Å². The monoisotopic (exact) mass is 267 g/mol. The minimum absolute atomic E-state index is 0.358. The minimum Gasteiger partial charge on any atom is -0.380 e. The molecule has 0 atom stereocenters. The fourth-order valence-electron chi connectivity index (χ4n) is 2.64. The highest BCUT2D eigenvalue weighted by atomic mass is 16.5. The lowest BCUT2D eigenvalue weighted by Crippen LogP contribution is -2.41. The molecule has 0 unspecified atom stereocenters. The van der Waals surface area contributed by atoms with E-state index < -0.39 is 0 Å².